The third-order valence-corrected chi connectivity index (χ3v) is 6.24. The predicted octanol–water partition coefficient (Wildman–Crippen LogP) is 1.30. The molecule has 154 valence electrons. The highest BCUT2D eigenvalue weighted by Crippen LogP contribution is 2.21. The molecule has 1 amide bonds. The molecule has 0 saturated carbocycles. The van der Waals surface area contributed by atoms with Gasteiger partial charge in [0.25, 0.3) is 0 Å². The maximum Gasteiger partial charge on any atom is 0.341 e. The molecule has 0 bridgehead atoms. The van der Waals surface area contributed by atoms with Gasteiger partial charge in [0.15, 0.2) is 0 Å². The Balaban J connectivity index is 1.78. The first-order valence-electron chi connectivity index (χ1n) is 8.72. The molecule has 0 spiro atoms. The number of halogens is 1. The highest BCUT2D eigenvalue weighted by molar-refractivity contribution is 7.89. The van der Waals surface area contributed by atoms with Crippen LogP contribution in [0.25, 0.3) is 0 Å². The first-order valence-corrected chi connectivity index (χ1v) is 10.2. The number of amides is 1. The van der Waals surface area contributed by atoms with Crippen LogP contribution in [0.15, 0.2) is 47.4 Å². The van der Waals surface area contributed by atoms with Crippen molar-refractivity contribution in [2.75, 3.05) is 26.3 Å². The molecule has 0 aliphatic carbocycles. The summed E-state index contributed by atoms with van der Waals surface area (Å²) < 4.78 is 51.0. The van der Waals surface area contributed by atoms with Crippen molar-refractivity contribution >= 4 is 21.9 Å². The van der Waals surface area contributed by atoms with Gasteiger partial charge in [0, 0.05) is 18.7 Å². The van der Waals surface area contributed by atoms with E-state index in [9.17, 15) is 22.4 Å². The summed E-state index contributed by atoms with van der Waals surface area (Å²) in [5.41, 5.74) is 5.43. The largest absolute Gasteiger partial charge is 0.457 e. The molecule has 0 radical (unpaired) electrons. The van der Waals surface area contributed by atoms with Crippen LogP contribution in [-0.4, -0.2) is 50.9 Å². The second kappa shape index (κ2) is 8.68. The van der Waals surface area contributed by atoms with Gasteiger partial charge in [-0.2, -0.15) is 4.31 Å². The van der Waals surface area contributed by atoms with Gasteiger partial charge in [0.2, 0.25) is 15.9 Å². The van der Waals surface area contributed by atoms with Gasteiger partial charge in [-0.25, -0.2) is 17.6 Å². The van der Waals surface area contributed by atoms with E-state index in [0.29, 0.717) is 5.56 Å². The minimum Gasteiger partial charge on any atom is -0.457 e. The summed E-state index contributed by atoms with van der Waals surface area (Å²) in [4.78, 5) is 23.3. The lowest BCUT2D eigenvalue weighted by Gasteiger charge is -2.26. The normalized spacial score (nSPS) is 15.1. The third-order valence-electron chi connectivity index (χ3n) is 4.35. The topological polar surface area (TPSA) is 116 Å². The molecule has 10 heteroatoms. The minimum atomic E-state index is -3.89. The minimum absolute atomic E-state index is 0.176. The molecule has 0 unspecified atom stereocenters. The van der Waals surface area contributed by atoms with E-state index in [1.807, 2.05) is 0 Å². The van der Waals surface area contributed by atoms with E-state index in [2.05, 4.69) is 0 Å². The summed E-state index contributed by atoms with van der Waals surface area (Å²) in [6, 6.07) is 9.11. The van der Waals surface area contributed by atoms with Gasteiger partial charge in [0.1, 0.15) is 12.4 Å². The molecule has 1 heterocycles. The molecule has 2 aromatic rings. The number of esters is 1. The molecule has 1 aliphatic rings. The van der Waals surface area contributed by atoms with Crippen LogP contribution in [0.2, 0.25) is 0 Å². The number of carbonyl (C=O) groups excluding carboxylic acids is 2. The fourth-order valence-corrected chi connectivity index (χ4v) is 4.23. The molecule has 2 N–H and O–H groups in total. The Hall–Kier alpha value is -2.82. The fourth-order valence-electron chi connectivity index (χ4n) is 2.80. The van der Waals surface area contributed by atoms with Crippen molar-refractivity contribution in [3.05, 3.63) is 65.0 Å². The van der Waals surface area contributed by atoms with Gasteiger partial charge in [0.05, 0.1) is 23.7 Å². The number of nitrogens with two attached hydrogens (primary N) is 1. The average molecular weight is 422 g/mol. The predicted molar refractivity (Wildman–Crippen MR) is 100 cm³/mol. The Kier molecular flexibility index (Phi) is 6.26. The number of carbonyl (C=O) groups is 2. The zero-order chi connectivity index (χ0) is 21.0. The van der Waals surface area contributed by atoms with E-state index >= 15 is 0 Å². The Morgan fingerprint density at radius 1 is 1.14 bits per heavy atom. The first kappa shape index (κ1) is 20.9. The molecular formula is C19H19FN2O6S. The van der Waals surface area contributed by atoms with Crippen LogP contribution in [0.4, 0.5) is 4.39 Å². The Morgan fingerprint density at radius 2 is 1.86 bits per heavy atom. The number of rotatable bonds is 6. The monoisotopic (exact) mass is 422 g/mol. The molecule has 1 aliphatic heterocycles. The summed E-state index contributed by atoms with van der Waals surface area (Å²) in [5.74, 6) is -2.56. The number of morpholine rings is 1. The molecule has 1 fully saturated rings. The van der Waals surface area contributed by atoms with Gasteiger partial charge in [-0.3, -0.25) is 4.79 Å². The van der Waals surface area contributed by atoms with E-state index in [1.54, 1.807) is 12.1 Å². The Labute approximate surface area is 167 Å². The molecule has 2 aromatic carbocycles. The first-order chi connectivity index (χ1) is 13.8. The van der Waals surface area contributed by atoms with Gasteiger partial charge < -0.3 is 15.2 Å². The van der Waals surface area contributed by atoms with E-state index in [0.717, 1.165) is 18.2 Å². The SMILES string of the molecule is NC(=O)c1cccc(COC(=O)c2cc(S(=O)(=O)N3CCOCC3)ccc2F)c1. The second-order valence-electron chi connectivity index (χ2n) is 6.30. The van der Waals surface area contributed by atoms with Crippen molar-refractivity contribution < 1.29 is 31.9 Å². The molecule has 0 atom stereocenters. The van der Waals surface area contributed by atoms with Crippen LogP contribution in [0, 0.1) is 5.82 Å². The number of nitrogens with zero attached hydrogens (tertiary/aromatic N) is 1. The van der Waals surface area contributed by atoms with Crippen molar-refractivity contribution in [2.45, 2.75) is 11.5 Å². The zero-order valence-corrected chi connectivity index (χ0v) is 16.2. The van der Waals surface area contributed by atoms with Gasteiger partial charge in [-0.15, -0.1) is 0 Å². The number of sulfonamides is 1. The van der Waals surface area contributed by atoms with E-state index in [-0.39, 0.29) is 43.4 Å². The van der Waals surface area contributed by atoms with Crippen LogP contribution < -0.4 is 5.73 Å². The van der Waals surface area contributed by atoms with E-state index < -0.39 is 33.3 Å². The quantitative estimate of drug-likeness (QED) is 0.702. The number of ether oxygens (including phenoxy) is 2. The summed E-state index contributed by atoms with van der Waals surface area (Å²) in [6.07, 6.45) is 0. The molecule has 8 nitrogen and oxygen atoms in total. The van der Waals surface area contributed by atoms with Crippen LogP contribution in [0.5, 0.6) is 0 Å². The highest BCUT2D eigenvalue weighted by atomic mass is 32.2. The molecular weight excluding hydrogens is 403 g/mol. The average Bonchev–Trinajstić information content (AvgIpc) is 2.73. The van der Waals surface area contributed by atoms with E-state index in [1.165, 1.54) is 16.4 Å². The number of primary amides is 1. The zero-order valence-electron chi connectivity index (χ0n) is 15.3. The van der Waals surface area contributed by atoms with Crippen molar-refractivity contribution in [2.24, 2.45) is 5.73 Å². The lowest BCUT2D eigenvalue weighted by Crippen LogP contribution is -2.40. The van der Waals surface area contributed by atoms with Crippen LogP contribution in [0.3, 0.4) is 0 Å². The van der Waals surface area contributed by atoms with Crippen molar-refractivity contribution in [1.29, 1.82) is 0 Å². The molecule has 1 saturated heterocycles. The summed E-state index contributed by atoms with van der Waals surface area (Å²) >= 11 is 0. The lowest BCUT2D eigenvalue weighted by atomic mass is 10.1. The Morgan fingerprint density at radius 3 is 2.55 bits per heavy atom. The van der Waals surface area contributed by atoms with E-state index in [4.69, 9.17) is 15.2 Å². The lowest BCUT2D eigenvalue weighted by molar-refractivity contribution is 0.0467. The molecule has 3 rings (SSSR count). The number of hydrogen-bond acceptors (Lipinski definition) is 6. The van der Waals surface area contributed by atoms with Crippen LogP contribution >= 0.6 is 0 Å². The molecule has 0 aromatic heterocycles. The summed E-state index contributed by atoms with van der Waals surface area (Å²) in [7, 11) is -3.89. The van der Waals surface area contributed by atoms with Gasteiger partial charge >= 0.3 is 5.97 Å². The highest BCUT2D eigenvalue weighted by Gasteiger charge is 2.28. The van der Waals surface area contributed by atoms with Crippen molar-refractivity contribution in [1.82, 2.24) is 4.31 Å². The number of hydrogen-bond donors (Lipinski definition) is 1. The van der Waals surface area contributed by atoms with Crippen LogP contribution in [-0.2, 0) is 26.1 Å². The maximum atomic E-state index is 14.2. The summed E-state index contributed by atoms with van der Waals surface area (Å²) in [5, 5.41) is 0. The summed E-state index contributed by atoms with van der Waals surface area (Å²) in [6.45, 7) is 0.643. The standard InChI is InChI=1S/C19H19FN2O6S/c20-17-5-4-15(29(25,26)22-6-8-27-9-7-22)11-16(17)19(24)28-12-13-2-1-3-14(10-13)18(21)23/h1-5,10-11H,6-9,12H2,(H2,21,23). The molecule has 29 heavy (non-hydrogen) atoms. The fraction of sp³-hybridized carbons (Fsp3) is 0.263. The van der Waals surface area contributed by atoms with Gasteiger partial charge in [-0.05, 0) is 35.9 Å². The van der Waals surface area contributed by atoms with Crippen molar-refractivity contribution in [3.63, 3.8) is 0 Å². The smallest absolute Gasteiger partial charge is 0.341 e. The second-order valence-corrected chi connectivity index (χ2v) is 8.24. The maximum absolute atomic E-state index is 14.2. The Bertz CT molecular complexity index is 1030. The van der Waals surface area contributed by atoms with Crippen molar-refractivity contribution in [3.8, 4) is 0 Å². The van der Waals surface area contributed by atoms with Gasteiger partial charge in [-0.1, -0.05) is 12.1 Å². The van der Waals surface area contributed by atoms with Crippen LogP contribution in [0.1, 0.15) is 26.3 Å². The number of benzene rings is 2. The third kappa shape index (κ3) is 4.78.